The molecule has 100 valence electrons. The summed E-state index contributed by atoms with van der Waals surface area (Å²) in [6.07, 6.45) is -4.75. The van der Waals surface area contributed by atoms with Crippen molar-refractivity contribution < 1.29 is 17.6 Å². The quantitative estimate of drug-likeness (QED) is 0.659. The molecule has 1 aromatic heterocycles. The number of hydrogen-bond donors (Lipinski definition) is 0. The first kappa shape index (κ1) is 14.1. The van der Waals surface area contributed by atoms with Crippen molar-refractivity contribution in [2.45, 2.75) is 6.18 Å². The molecule has 0 fully saturated rings. The van der Waals surface area contributed by atoms with Crippen LogP contribution >= 0.6 is 23.2 Å². The molecule has 0 aliphatic carbocycles. The fraction of sp³-hybridized carbons (Fsp3) is 0.0833. The molecule has 1 aromatic carbocycles. The largest absolute Gasteiger partial charge is 0.433 e. The minimum Gasteiger partial charge on any atom is -0.243 e. The van der Waals surface area contributed by atoms with Gasteiger partial charge >= 0.3 is 6.18 Å². The average Bonchev–Trinajstić information content (AvgIpc) is 2.26. The van der Waals surface area contributed by atoms with Crippen LogP contribution in [0, 0.1) is 5.82 Å². The molecule has 19 heavy (non-hydrogen) atoms. The summed E-state index contributed by atoms with van der Waals surface area (Å²) in [6, 6.07) is 5.56. The smallest absolute Gasteiger partial charge is 0.243 e. The van der Waals surface area contributed by atoms with Gasteiger partial charge in [0, 0.05) is 17.7 Å². The summed E-state index contributed by atoms with van der Waals surface area (Å²) in [7, 11) is 0. The molecule has 2 aromatic rings. The highest BCUT2D eigenvalue weighted by atomic mass is 35.5. The number of hydrogen-bond acceptors (Lipinski definition) is 1. The maximum absolute atomic E-state index is 13.3. The third-order valence-electron chi connectivity index (χ3n) is 2.30. The third-order valence-corrected chi connectivity index (χ3v) is 2.93. The lowest BCUT2D eigenvalue weighted by Crippen LogP contribution is -2.09. The topological polar surface area (TPSA) is 12.9 Å². The van der Waals surface area contributed by atoms with E-state index in [1.54, 1.807) is 0 Å². The Balaban J connectivity index is 2.67. The molecule has 0 unspecified atom stereocenters. The molecule has 1 heterocycles. The van der Waals surface area contributed by atoms with E-state index >= 15 is 0 Å². The van der Waals surface area contributed by atoms with Crippen molar-refractivity contribution in [2.75, 3.05) is 0 Å². The number of halogens is 6. The number of aromatic nitrogens is 1. The number of pyridine rings is 1. The van der Waals surface area contributed by atoms with Gasteiger partial charge in [-0.2, -0.15) is 13.2 Å². The molecular formula is C12H5Cl2F4N. The fourth-order valence-electron chi connectivity index (χ4n) is 1.51. The van der Waals surface area contributed by atoms with Crippen LogP contribution in [0.2, 0.25) is 10.0 Å². The number of nitrogens with zero attached hydrogens (tertiary/aromatic N) is 1. The Morgan fingerprint density at radius 1 is 1.00 bits per heavy atom. The molecule has 2 rings (SSSR count). The van der Waals surface area contributed by atoms with Gasteiger partial charge in [0.1, 0.15) is 11.5 Å². The second-order valence-corrected chi connectivity index (χ2v) is 4.46. The van der Waals surface area contributed by atoms with E-state index in [0.29, 0.717) is 6.07 Å². The summed E-state index contributed by atoms with van der Waals surface area (Å²) in [4.78, 5) is 3.36. The van der Waals surface area contributed by atoms with Crippen molar-refractivity contribution in [2.24, 2.45) is 0 Å². The number of rotatable bonds is 1. The molecule has 0 radical (unpaired) electrons. The fourth-order valence-corrected chi connectivity index (χ4v) is 2.10. The average molecular weight is 310 g/mol. The van der Waals surface area contributed by atoms with Gasteiger partial charge in [-0.3, -0.25) is 0 Å². The second kappa shape index (κ2) is 4.98. The molecule has 0 atom stereocenters. The summed E-state index contributed by atoms with van der Waals surface area (Å²) < 4.78 is 51.0. The Bertz CT molecular complexity index is 605. The SMILES string of the molecule is Fc1cc(-c2c(Cl)cccc2Cl)nc(C(F)(F)F)c1. The molecule has 7 heteroatoms. The molecule has 0 bridgehead atoms. The molecule has 0 saturated carbocycles. The Kier molecular flexibility index (Phi) is 3.69. The summed E-state index contributed by atoms with van der Waals surface area (Å²) >= 11 is 11.7. The van der Waals surface area contributed by atoms with Crippen molar-refractivity contribution in [3.63, 3.8) is 0 Å². The van der Waals surface area contributed by atoms with Gasteiger partial charge in [-0.15, -0.1) is 0 Å². The first-order valence-electron chi connectivity index (χ1n) is 4.98. The van der Waals surface area contributed by atoms with Crippen LogP contribution in [0.1, 0.15) is 5.69 Å². The molecule has 0 N–H and O–H groups in total. The Morgan fingerprint density at radius 2 is 1.58 bits per heavy atom. The zero-order valence-electron chi connectivity index (χ0n) is 9.10. The van der Waals surface area contributed by atoms with Crippen molar-refractivity contribution in [3.8, 4) is 11.3 Å². The van der Waals surface area contributed by atoms with E-state index in [2.05, 4.69) is 4.98 Å². The van der Waals surface area contributed by atoms with Gasteiger partial charge in [-0.25, -0.2) is 9.37 Å². The van der Waals surface area contributed by atoms with Crippen molar-refractivity contribution in [1.29, 1.82) is 0 Å². The van der Waals surface area contributed by atoms with E-state index in [4.69, 9.17) is 23.2 Å². The van der Waals surface area contributed by atoms with E-state index in [-0.39, 0.29) is 21.3 Å². The Morgan fingerprint density at radius 3 is 2.11 bits per heavy atom. The van der Waals surface area contributed by atoms with E-state index in [1.165, 1.54) is 18.2 Å². The van der Waals surface area contributed by atoms with Gasteiger partial charge in [0.2, 0.25) is 0 Å². The first-order valence-corrected chi connectivity index (χ1v) is 5.74. The van der Waals surface area contributed by atoms with Crippen molar-refractivity contribution >= 4 is 23.2 Å². The zero-order valence-corrected chi connectivity index (χ0v) is 10.6. The van der Waals surface area contributed by atoms with Gasteiger partial charge in [0.05, 0.1) is 15.7 Å². The van der Waals surface area contributed by atoms with Crippen LogP contribution < -0.4 is 0 Å². The minimum absolute atomic E-state index is 0.0656. The highest BCUT2D eigenvalue weighted by molar-refractivity contribution is 6.39. The zero-order chi connectivity index (χ0) is 14.2. The van der Waals surface area contributed by atoms with Crippen LogP contribution in [0.15, 0.2) is 30.3 Å². The molecule has 0 aliphatic heterocycles. The predicted molar refractivity (Wildman–Crippen MR) is 64.7 cm³/mol. The number of alkyl halides is 3. The molecule has 1 nitrogen and oxygen atoms in total. The van der Waals surface area contributed by atoms with Crippen LogP contribution in [0.25, 0.3) is 11.3 Å². The highest BCUT2D eigenvalue weighted by Gasteiger charge is 2.33. The molecule has 0 aliphatic rings. The van der Waals surface area contributed by atoms with Gasteiger partial charge in [-0.05, 0) is 12.1 Å². The van der Waals surface area contributed by atoms with Gasteiger partial charge in [-0.1, -0.05) is 29.3 Å². The summed E-state index contributed by atoms with van der Waals surface area (Å²) in [5, 5.41) is 0.192. The molecule has 0 spiro atoms. The standard InChI is InChI=1S/C12H5Cl2F4N/c13-7-2-1-3-8(14)11(7)9-4-6(15)5-10(19-9)12(16,17)18/h1-5H. The maximum Gasteiger partial charge on any atom is 0.433 e. The van der Waals surface area contributed by atoms with E-state index in [0.717, 1.165) is 6.07 Å². The summed E-state index contributed by atoms with van der Waals surface area (Å²) in [5.74, 6) is -1.06. The van der Waals surface area contributed by atoms with Crippen LogP contribution in [0.3, 0.4) is 0 Å². The van der Waals surface area contributed by atoms with Crippen LogP contribution in [0.4, 0.5) is 17.6 Å². The van der Waals surface area contributed by atoms with Crippen LogP contribution in [-0.2, 0) is 6.18 Å². The van der Waals surface area contributed by atoms with E-state index in [1.807, 2.05) is 0 Å². The van der Waals surface area contributed by atoms with Gasteiger partial charge < -0.3 is 0 Å². The normalized spacial score (nSPS) is 11.7. The lowest BCUT2D eigenvalue weighted by molar-refractivity contribution is -0.141. The number of benzene rings is 1. The van der Waals surface area contributed by atoms with Gasteiger partial charge in [0.25, 0.3) is 0 Å². The summed E-state index contributed by atoms with van der Waals surface area (Å²) in [5.41, 5.74) is -1.53. The monoisotopic (exact) mass is 309 g/mol. The molecular weight excluding hydrogens is 305 g/mol. The second-order valence-electron chi connectivity index (χ2n) is 3.65. The van der Waals surface area contributed by atoms with Gasteiger partial charge in [0.15, 0.2) is 0 Å². The molecule has 0 amide bonds. The Hall–Kier alpha value is -1.33. The summed E-state index contributed by atoms with van der Waals surface area (Å²) in [6.45, 7) is 0. The minimum atomic E-state index is -4.75. The molecule has 0 saturated heterocycles. The predicted octanol–water partition coefficient (Wildman–Crippen LogP) is 5.21. The maximum atomic E-state index is 13.3. The van der Waals surface area contributed by atoms with E-state index in [9.17, 15) is 17.6 Å². The lowest BCUT2D eigenvalue weighted by atomic mass is 10.1. The van der Waals surface area contributed by atoms with E-state index < -0.39 is 17.7 Å². The van der Waals surface area contributed by atoms with Crippen LogP contribution in [-0.4, -0.2) is 4.98 Å². The third kappa shape index (κ3) is 2.98. The Labute approximate surface area is 115 Å². The lowest BCUT2D eigenvalue weighted by Gasteiger charge is -2.10. The van der Waals surface area contributed by atoms with Crippen molar-refractivity contribution in [3.05, 3.63) is 51.9 Å². The first-order chi connectivity index (χ1) is 8.79. The highest BCUT2D eigenvalue weighted by Crippen LogP contribution is 2.36. The van der Waals surface area contributed by atoms with Crippen molar-refractivity contribution in [1.82, 2.24) is 4.98 Å². The van der Waals surface area contributed by atoms with Crippen LogP contribution in [0.5, 0.6) is 0 Å².